The molecule has 0 spiro atoms. The van der Waals surface area contributed by atoms with E-state index in [1.807, 2.05) is 39.1 Å². The van der Waals surface area contributed by atoms with Crippen molar-refractivity contribution in [3.05, 3.63) is 29.6 Å². The Morgan fingerprint density at radius 3 is 2.68 bits per heavy atom. The highest BCUT2D eigenvalue weighted by molar-refractivity contribution is 5.77. The number of nitrogens with one attached hydrogen (secondary N) is 1. The summed E-state index contributed by atoms with van der Waals surface area (Å²) in [4.78, 5) is 13.2. The monoisotopic (exact) mass is 300 g/mol. The van der Waals surface area contributed by atoms with Crippen LogP contribution in [0.2, 0.25) is 0 Å². The fraction of sp³-hybridized carbons (Fsp3) is 0.467. The molecular formula is C15H20N6O. The van der Waals surface area contributed by atoms with Crippen molar-refractivity contribution in [2.75, 3.05) is 18.9 Å². The molecule has 0 aromatic carbocycles. The topological polar surface area (TPSA) is 75.9 Å². The Balaban J connectivity index is 1.69. The third-order valence-corrected chi connectivity index (χ3v) is 3.86. The summed E-state index contributed by atoms with van der Waals surface area (Å²) < 4.78 is 1.78. The average Bonchev–Trinajstić information content (AvgIpc) is 2.83. The lowest BCUT2D eigenvalue weighted by molar-refractivity contribution is -0.132. The van der Waals surface area contributed by atoms with E-state index in [1.165, 1.54) is 0 Å². The molecule has 0 saturated carbocycles. The van der Waals surface area contributed by atoms with Crippen LogP contribution in [-0.4, -0.2) is 50.4 Å². The van der Waals surface area contributed by atoms with Crippen molar-refractivity contribution in [2.24, 2.45) is 0 Å². The first-order chi connectivity index (χ1) is 10.5. The van der Waals surface area contributed by atoms with E-state index in [0.29, 0.717) is 18.8 Å². The lowest BCUT2D eigenvalue weighted by Gasteiger charge is -2.30. The number of hydrogen-bond donors (Lipinski definition) is 1. The number of carbonyl (C=O) groups excluding carboxylic acids is 1. The van der Waals surface area contributed by atoms with Crippen LogP contribution in [0.25, 0.3) is 5.82 Å². The summed E-state index contributed by atoms with van der Waals surface area (Å²) in [6.07, 6.45) is 1.40. The quantitative estimate of drug-likeness (QED) is 0.925. The standard InChI is InChI=1S/C15H20N6O/c1-10-8-11(2)21(19-10)14-6-5-13(17-18-14)16-12-4-7-15(22)20(3)9-12/h5-6,8,12H,4,7,9H2,1-3H3,(H,16,17). The van der Waals surface area contributed by atoms with Crippen molar-refractivity contribution in [2.45, 2.75) is 32.7 Å². The predicted molar refractivity (Wildman–Crippen MR) is 82.9 cm³/mol. The molecule has 3 rings (SSSR count). The zero-order valence-corrected chi connectivity index (χ0v) is 13.1. The number of hydrogen-bond acceptors (Lipinski definition) is 5. The fourth-order valence-corrected chi connectivity index (χ4v) is 2.72. The van der Waals surface area contributed by atoms with Gasteiger partial charge in [0.15, 0.2) is 5.82 Å². The van der Waals surface area contributed by atoms with Gasteiger partial charge in [-0.05, 0) is 38.5 Å². The summed E-state index contributed by atoms with van der Waals surface area (Å²) >= 11 is 0. The van der Waals surface area contributed by atoms with Crippen LogP contribution in [0.3, 0.4) is 0 Å². The molecule has 7 heteroatoms. The van der Waals surface area contributed by atoms with Gasteiger partial charge in [0.1, 0.15) is 5.82 Å². The number of rotatable bonds is 3. The molecule has 1 amide bonds. The number of piperidine rings is 1. The van der Waals surface area contributed by atoms with Gasteiger partial charge < -0.3 is 10.2 Å². The molecule has 1 aliphatic rings. The van der Waals surface area contributed by atoms with Crippen LogP contribution in [0.4, 0.5) is 5.82 Å². The Kier molecular flexibility index (Phi) is 3.79. The van der Waals surface area contributed by atoms with E-state index in [-0.39, 0.29) is 11.9 Å². The summed E-state index contributed by atoms with van der Waals surface area (Å²) in [6.45, 7) is 4.64. The molecule has 1 N–H and O–H groups in total. The minimum atomic E-state index is 0.198. The van der Waals surface area contributed by atoms with E-state index in [2.05, 4.69) is 20.6 Å². The van der Waals surface area contributed by atoms with E-state index in [4.69, 9.17) is 0 Å². The second-order valence-corrected chi connectivity index (χ2v) is 5.77. The Hall–Kier alpha value is -2.44. The highest BCUT2D eigenvalue weighted by Crippen LogP contribution is 2.15. The average molecular weight is 300 g/mol. The molecule has 3 heterocycles. The van der Waals surface area contributed by atoms with Crippen molar-refractivity contribution in [1.82, 2.24) is 24.9 Å². The molecule has 1 atom stereocenters. The van der Waals surface area contributed by atoms with Crippen LogP contribution in [0.5, 0.6) is 0 Å². The second-order valence-electron chi connectivity index (χ2n) is 5.77. The first kappa shape index (κ1) is 14.5. The van der Waals surface area contributed by atoms with E-state index < -0.39 is 0 Å². The highest BCUT2D eigenvalue weighted by atomic mass is 16.2. The van der Waals surface area contributed by atoms with Gasteiger partial charge in [-0.25, -0.2) is 4.68 Å². The van der Waals surface area contributed by atoms with Gasteiger partial charge in [-0.1, -0.05) is 0 Å². The van der Waals surface area contributed by atoms with Crippen LogP contribution >= 0.6 is 0 Å². The van der Waals surface area contributed by atoms with Gasteiger partial charge in [0.25, 0.3) is 0 Å². The Bertz CT molecular complexity index is 678. The van der Waals surface area contributed by atoms with E-state index in [9.17, 15) is 4.79 Å². The molecular weight excluding hydrogens is 280 g/mol. The smallest absolute Gasteiger partial charge is 0.222 e. The maximum atomic E-state index is 11.5. The number of carbonyl (C=O) groups is 1. The molecule has 2 aromatic heterocycles. The first-order valence-electron chi connectivity index (χ1n) is 7.41. The normalized spacial score (nSPS) is 18.6. The lowest BCUT2D eigenvalue weighted by atomic mass is 10.1. The molecule has 1 fully saturated rings. The van der Waals surface area contributed by atoms with E-state index >= 15 is 0 Å². The minimum Gasteiger partial charge on any atom is -0.364 e. The van der Waals surface area contributed by atoms with Gasteiger partial charge >= 0.3 is 0 Å². The third-order valence-electron chi connectivity index (χ3n) is 3.86. The van der Waals surface area contributed by atoms with Gasteiger partial charge in [-0.15, -0.1) is 10.2 Å². The summed E-state index contributed by atoms with van der Waals surface area (Å²) in [6, 6.07) is 6.02. The van der Waals surface area contributed by atoms with Crippen molar-refractivity contribution in [3.8, 4) is 5.82 Å². The predicted octanol–water partition coefficient (Wildman–Crippen LogP) is 1.31. The highest BCUT2D eigenvalue weighted by Gasteiger charge is 2.22. The van der Waals surface area contributed by atoms with Crippen molar-refractivity contribution in [1.29, 1.82) is 0 Å². The Morgan fingerprint density at radius 2 is 2.09 bits per heavy atom. The molecule has 2 aromatic rings. The van der Waals surface area contributed by atoms with Crippen molar-refractivity contribution < 1.29 is 4.79 Å². The molecule has 22 heavy (non-hydrogen) atoms. The van der Waals surface area contributed by atoms with Crippen molar-refractivity contribution >= 4 is 11.7 Å². The maximum absolute atomic E-state index is 11.5. The number of anilines is 1. The lowest BCUT2D eigenvalue weighted by Crippen LogP contribution is -2.43. The number of aromatic nitrogens is 4. The fourth-order valence-electron chi connectivity index (χ4n) is 2.72. The molecule has 1 saturated heterocycles. The van der Waals surface area contributed by atoms with E-state index in [0.717, 1.165) is 23.6 Å². The minimum absolute atomic E-state index is 0.198. The Labute approximate surface area is 129 Å². The maximum Gasteiger partial charge on any atom is 0.222 e. The number of likely N-dealkylation sites (tertiary alicyclic amines) is 1. The molecule has 0 radical (unpaired) electrons. The zero-order chi connectivity index (χ0) is 15.7. The van der Waals surface area contributed by atoms with Crippen LogP contribution in [0, 0.1) is 13.8 Å². The summed E-state index contributed by atoms with van der Waals surface area (Å²) in [5.74, 6) is 1.62. The summed E-state index contributed by atoms with van der Waals surface area (Å²) in [5, 5.41) is 16.2. The molecule has 0 aliphatic carbocycles. The molecule has 1 unspecified atom stereocenters. The molecule has 0 bridgehead atoms. The molecule has 116 valence electrons. The van der Waals surface area contributed by atoms with Crippen LogP contribution in [-0.2, 0) is 4.79 Å². The van der Waals surface area contributed by atoms with Gasteiger partial charge in [-0.2, -0.15) is 5.10 Å². The number of aryl methyl sites for hydroxylation is 2. The van der Waals surface area contributed by atoms with Gasteiger partial charge in [0.05, 0.1) is 5.69 Å². The van der Waals surface area contributed by atoms with E-state index in [1.54, 1.807) is 9.58 Å². The van der Waals surface area contributed by atoms with Crippen LogP contribution in [0.15, 0.2) is 18.2 Å². The number of amides is 1. The summed E-state index contributed by atoms with van der Waals surface area (Å²) in [7, 11) is 1.83. The number of nitrogens with zero attached hydrogens (tertiary/aromatic N) is 5. The second kappa shape index (κ2) is 5.75. The third kappa shape index (κ3) is 2.93. The first-order valence-corrected chi connectivity index (χ1v) is 7.41. The Morgan fingerprint density at radius 1 is 1.27 bits per heavy atom. The summed E-state index contributed by atoms with van der Waals surface area (Å²) in [5.41, 5.74) is 1.98. The van der Waals surface area contributed by atoms with Gasteiger partial charge in [0, 0.05) is 31.7 Å². The van der Waals surface area contributed by atoms with Gasteiger partial charge in [0.2, 0.25) is 5.91 Å². The largest absolute Gasteiger partial charge is 0.364 e. The van der Waals surface area contributed by atoms with Crippen LogP contribution in [0.1, 0.15) is 24.2 Å². The molecule has 1 aliphatic heterocycles. The number of likely N-dealkylation sites (N-methyl/N-ethyl adjacent to an activating group) is 1. The van der Waals surface area contributed by atoms with Crippen LogP contribution < -0.4 is 5.32 Å². The SMILES string of the molecule is Cc1cc(C)n(-c2ccc(NC3CCC(=O)N(C)C3)nn2)n1. The van der Waals surface area contributed by atoms with Crippen molar-refractivity contribution in [3.63, 3.8) is 0 Å². The van der Waals surface area contributed by atoms with Gasteiger partial charge in [-0.3, -0.25) is 4.79 Å². The molecule has 7 nitrogen and oxygen atoms in total. The zero-order valence-electron chi connectivity index (χ0n) is 13.1.